The van der Waals surface area contributed by atoms with Crippen LogP contribution in [0.25, 0.3) is 5.82 Å². The van der Waals surface area contributed by atoms with Crippen LogP contribution in [0.1, 0.15) is 11.1 Å². The van der Waals surface area contributed by atoms with Gasteiger partial charge in [-0.2, -0.15) is 5.10 Å². The fraction of sp³-hybridized carbons (Fsp3) is 0.125. The van der Waals surface area contributed by atoms with Crippen molar-refractivity contribution < 1.29 is 8.78 Å². The predicted octanol–water partition coefficient (Wildman–Crippen LogP) is 2.84. The molecule has 0 aliphatic rings. The zero-order valence-electron chi connectivity index (χ0n) is 11.7. The molecule has 112 valence electrons. The Morgan fingerprint density at radius 2 is 1.86 bits per heavy atom. The van der Waals surface area contributed by atoms with Gasteiger partial charge in [0.15, 0.2) is 5.82 Å². The largest absolute Gasteiger partial charge is 0.308 e. The van der Waals surface area contributed by atoms with Gasteiger partial charge in [0.05, 0.1) is 0 Å². The molecule has 3 aromatic rings. The molecule has 0 aliphatic heterocycles. The minimum Gasteiger partial charge on any atom is -0.308 e. The van der Waals surface area contributed by atoms with Crippen molar-refractivity contribution in [2.24, 2.45) is 0 Å². The van der Waals surface area contributed by atoms with E-state index in [0.717, 1.165) is 17.7 Å². The van der Waals surface area contributed by atoms with Gasteiger partial charge >= 0.3 is 0 Å². The van der Waals surface area contributed by atoms with Gasteiger partial charge in [-0.05, 0) is 30.3 Å². The van der Waals surface area contributed by atoms with E-state index in [2.05, 4.69) is 15.4 Å². The molecule has 2 heterocycles. The summed E-state index contributed by atoms with van der Waals surface area (Å²) in [5, 5.41) is 7.26. The molecular weight excluding hydrogens is 286 g/mol. The number of nitrogens with one attached hydrogen (secondary N) is 1. The number of rotatable bonds is 5. The van der Waals surface area contributed by atoms with Crippen LogP contribution in [0.2, 0.25) is 0 Å². The van der Waals surface area contributed by atoms with Crippen LogP contribution in [-0.4, -0.2) is 14.8 Å². The zero-order chi connectivity index (χ0) is 15.4. The highest BCUT2D eigenvalue weighted by atomic mass is 19.1. The van der Waals surface area contributed by atoms with Crippen molar-refractivity contribution in [3.8, 4) is 5.82 Å². The maximum Gasteiger partial charge on any atom is 0.157 e. The number of pyridine rings is 1. The minimum absolute atomic E-state index is 0.233. The summed E-state index contributed by atoms with van der Waals surface area (Å²) in [4.78, 5) is 4.30. The summed E-state index contributed by atoms with van der Waals surface area (Å²) in [5.41, 5.74) is 1.22. The van der Waals surface area contributed by atoms with Gasteiger partial charge in [-0.25, -0.2) is 18.4 Å². The molecule has 6 heteroatoms. The van der Waals surface area contributed by atoms with Crippen molar-refractivity contribution >= 4 is 0 Å². The Kier molecular flexibility index (Phi) is 4.20. The average Bonchev–Trinajstić information content (AvgIpc) is 3.05. The normalized spacial score (nSPS) is 10.8. The smallest absolute Gasteiger partial charge is 0.157 e. The molecule has 4 nitrogen and oxygen atoms in total. The summed E-state index contributed by atoms with van der Waals surface area (Å²) in [6.45, 7) is 0.704. The van der Waals surface area contributed by atoms with Crippen molar-refractivity contribution in [2.45, 2.75) is 13.1 Å². The molecule has 0 unspecified atom stereocenters. The second-order valence-electron chi connectivity index (χ2n) is 4.78. The van der Waals surface area contributed by atoms with Gasteiger partial charge in [0.2, 0.25) is 0 Å². The van der Waals surface area contributed by atoms with Gasteiger partial charge in [0.1, 0.15) is 11.6 Å². The summed E-state index contributed by atoms with van der Waals surface area (Å²) in [6.07, 6.45) is 5.17. The van der Waals surface area contributed by atoms with Crippen molar-refractivity contribution in [3.05, 3.63) is 77.8 Å². The van der Waals surface area contributed by atoms with Crippen LogP contribution >= 0.6 is 0 Å². The minimum atomic E-state index is -0.447. The van der Waals surface area contributed by atoms with Crippen LogP contribution in [0, 0.1) is 11.6 Å². The summed E-state index contributed by atoms with van der Waals surface area (Å²) in [6, 6.07) is 8.99. The van der Waals surface area contributed by atoms with E-state index >= 15 is 0 Å². The van der Waals surface area contributed by atoms with Crippen molar-refractivity contribution in [1.29, 1.82) is 0 Å². The molecule has 0 radical (unpaired) electrons. The summed E-state index contributed by atoms with van der Waals surface area (Å²) in [5.74, 6) is -0.163. The molecule has 2 aromatic heterocycles. The number of hydrogen-bond acceptors (Lipinski definition) is 3. The van der Waals surface area contributed by atoms with Gasteiger partial charge < -0.3 is 5.32 Å². The van der Waals surface area contributed by atoms with Gasteiger partial charge in [-0.3, -0.25) is 0 Å². The van der Waals surface area contributed by atoms with E-state index in [1.165, 1.54) is 6.07 Å². The molecule has 0 saturated carbocycles. The fourth-order valence-corrected chi connectivity index (χ4v) is 2.18. The molecule has 22 heavy (non-hydrogen) atoms. The Balaban J connectivity index is 1.71. The van der Waals surface area contributed by atoms with Crippen LogP contribution in [-0.2, 0) is 13.1 Å². The SMILES string of the molecule is Fc1ccc(F)c(CNCc2cccnc2-n2cccn2)c1. The number of aromatic nitrogens is 3. The van der Waals surface area contributed by atoms with Crippen LogP contribution in [0.5, 0.6) is 0 Å². The molecule has 0 fully saturated rings. The quantitative estimate of drug-likeness (QED) is 0.788. The summed E-state index contributed by atoms with van der Waals surface area (Å²) >= 11 is 0. The highest BCUT2D eigenvalue weighted by molar-refractivity contribution is 5.32. The Bertz CT molecular complexity index is 757. The third-order valence-corrected chi connectivity index (χ3v) is 3.23. The standard InChI is InChI=1S/C16H14F2N4/c17-14-4-5-15(18)13(9-14)11-19-10-12-3-1-6-20-16(12)22-8-2-7-21-22/h1-9,19H,10-11H2. The molecule has 0 bridgehead atoms. The lowest BCUT2D eigenvalue weighted by Gasteiger charge is -2.10. The van der Waals surface area contributed by atoms with Gasteiger partial charge in [0.25, 0.3) is 0 Å². The zero-order valence-corrected chi connectivity index (χ0v) is 11.7. The third-order valence-electron chi connectivity index (χ3n) is 3.23. The van der Waals surface area contributed by atoms with E-state index < -0.39 is 11.6 Å². The maximum atomic E-state index is 13.6. The lowest BCUT2D eigenvalue weighted by molar-refractivity contribution is 0.568. The van der Waals surface area contributed by atoms with E-state index in [1.807, 2.05) is 18.2 Å². The Morgan fingerprint density at radius 1 is 1.00 bits per heavy atom. The molecule has 0 aliphatic carbocycles. The number of hydrogen-bond donors (Lipinski definition) is 1. The van der Waals surface area contributed by atoms with E-state index in [-0.39, 0.29) is 6.54 Å². The molecular formula is C16H14F2N4. The van der Waals surface area contributed by atoms with Crippen molar-refractivity contribution in [3.63, 3.8) is 0 Å². The first kappa shape index (κ1) is 14.3. The highest BCUT2D eigenvalue weighted by Crippen LogP contribution is 2.12. The first-order chi connectivity index (χ1) is 10.7. The Labute approximate surface area is 126 Å². The third kappa shape index (κ3) is 3.17. The Morgan fingerprint density at radius 3 is 2.68 bits per heavy atom. The second kappa shape index (κ2) is 6.44. The van der Waals surface area contributed by atoms with E-state index in [0.29, 0.717) is 17.9 Å². The summed E-state index contributed by atoms with van der Waals surface area (Å²) < 4.78 is 28.4. The lowest BCUT2D eigenvalue weighted by atomic mass is 10.2. The topological polar surface area (TPSA) is 42.7 Å². The molecule has 0 amide bonds. The molecule has 3 rings (SSSR count). The highest BCUT2D eigenvalue weighted by Gasteiger charge is 2.07. The van der Waals surface area contributed by atoms with Crippen LogP contribution < -0.4 is 5.32 Å². The first-order valence-electron chi connectivity index (χ1n) is 6.82. The van der Waals surface area contributed by atoms with Crippen molar-refractivity contribution in [2.75, 3.05) is 0 Å². The fourth-order valence-electron chi connectivity index (χ4n) is 2.18. The number of nitrogens with zero attached hydrogens (tertiary/aromatic N) is 3. The molecule has 0 saturated heterocycles. The molecule has 1 N–H and O–H groups in total. The van der Waals surface area contributed by atoms with Crippen molar-refractivity contribution in [1.82, 2.24) is 20.1 Å². The van der Waals surface area contributed by atoms with Crippen LogP contribution in [0.3, 0.4) is 0 Å². The van der Waals surface area contributed by atoms with Gasteiger partial charge in [-0.1, -0.05) is 6.07 Å². The van der Waals surface area contributed by atoms with Gasteiger partial charge in [-0.15, -0.1) is 0 Å². The number of halogens is 2. The molecule has 0 spiro atoms. The molecule has 1 aromatic carbocycles. The van der Waals surface area contributed by atoms with Gasteiger partial charge in [0, 0.05) is 42.8 Å². The van der Waals surface area contributed by atoms with Crippen LogP contribution in [0.4, 0.5) is 8.78 Å². The van der Waals surface area contributed by atoms with Crippen LogP contribution in [0.15, 0.2) is 55.0 Å². The first-order valence-corrected chi connectivity index (χ1v) is 6.82. The van der Waals surface area contributed by atoms with E-state index in [9.17, 15) is 8.78 Å². The maximum absolute atomic E-state index is 13.6. The summed E-state index contributed by atoms with van der Waals surface area (Å²) in [7, 11) is 0. The van der Waals surface area contributed by atoms with E-state index in [1.54, 1.807) is 23.3 Å². The predicted molar refractivity (Wildman–Crippen MR) is 78.3 cm³/mol. The monoisotopic (exact) mass is 300 g/mol. The van der Waals surface area contributed by atoms with E-state index in [4.69, 9.17) is 0 Å². The lowest BCUT2D eigenvalue weighted by Crippen LogP contribution is -2.16. The molecule has 0 atom stereocenters. The Hall–Kier alpha value is -2.60. The second-order valence-corrected chi connectivity index (χ2v) is 4.78. The average molecular weight is 300 g/mol. The number of benzene rings is 1.